The SMILES string of the molecule is Cc1cc(NC(=O)c2cc(N)cn2C(C)C)ccc1F. The van der Waals surface area contributed by atoms with Gasteiger partial charge in [0.15, 0.2) is 0 Å². The molecule has 0 unspecified atom stereocenters. The van der Waals surface area contributed by atoms with Gasteiger partial charge in [0.2, 0.25) is 0 Å². The second-order valence-electron chi connectivity index (χ2n) is 5.08. The number of benzene rings is 1. The molecule has 3 N–H and O–H groups in total. The van der Waals surface area contributed by atoms with E-state index in [0.29, 0.717) is 22.6 Å². The van der Waals surface area contributed by atoms with E-state index in [9.17, 15) is 9.18 Å². The zero-order valence-electron chi connectivity index (χ0n) is 11.8. The van der Waals surface area contributed by atoms with E-state index in [-0.39, 0.29) is 17.8 Å². The van der Waals surface area contributed by atoms with E-state index in [1.807, 2.05) is 13.8 Å². The lowest BCUT2D eigenvalue weighted by molar-refractivity contribution is 0.101. The maximum atomic E-state index is 13.2. The van der Waals surface area contributed by atoms with Crippen LogP contribution in [0.1, 0.15) is 35.9 Å². The Morgan fingerprint density at radius 2 is 2.05 bits per heavy atom. The van der Waals surface area contributed by atoms with Crippen LogP contribution < -0.4 is 11.1 Å². The third-order valence-corrected chi connectivity index (χ3v) is 3.07. The molecule has 0 aliphatic heterocycles. The summed E-state index contributed by atoms with van der Waals surface area (Å²) in [5, 5.41) is 2.75. The zero-order valence-corrected chi connectivity index (χ0v) is 11.8. The van der Waals surface area contributed by atoms with Crippen molar-refractivity contribution in [2.24, 2.45) is 0 Å². The van der Waals surface area contributed by atoms with Gasteiger partial charge in [-0.25, -0.2) is 4.39 Å². The number of nitrogen functional groups attached to an aromatic ring is 1. The van der Waals surface area contributed by atoms with Crippen molar-refractivity contribution in [3.63, 3.8) is 0 Å². The number of carbonyl (C=O) groups excluding carboxylic acids is 1. The number of nitrogens with one attached hydrogen (secondary N) is 1. The molecule has 1 aromatic heterocycles. The van der Waals surface area contributed by atoms with E-state index < -0.39 is 0 Å². The van der Waals surface area contributed by atoms with Crippen molar-refractivity contribution in [2.45, 2.75) is 26.8 Å². The van der Waals surface area contributed by atoms with Gasteiger partial charge in [0.25, 0.3) is 5.91 Å². The fourth-order valence-corrected chi connectivity index (χ4v) is 2.03. The maximum Gasteiger partial charge on any atom is 0.272 e. The molecule has 2 rings (SSSR count). The highest BCUT2D eigenvalue weighted by Crippen LogP contribution is 2.19. The first kappa shape index (κ1) is 14.1. The lowest BCUT2D eigenvalue weighted by Gasteiger charge is -2.13. The molecular formula is C15H18FN3O. The molecule has 0 radical (unpaired) electrons. The number of hydrogen-bond donors (Lipinski definition) is 2. The number of aromatic nitrogens is 1. The Kier molecular flexibility index (Phi) is 3.79. The van der Waals surface area contributed by atoms with Crippen molar-refractivity contribution >= 4 is 17.3 Å². The smallest absolute Gasteiger partial charge is 0.272 e. The van der Waals surface area contributed by atoms with Crippen LogP contribution in [0.15, 0.2) is 30.5 Å². The first-order valence-corrected chi connectivity index (χ1v) is 6.43. The van der Waals surface area contributed by atoms with Crippen molar-refractivity contribution in [1.29, 1.82) is 0 Å². The Morgan fingerprint density at radius 3 is 2.65 bits per heavy atom. The summed E-state index contributed by atoms with van der Waals surface area (Å²) in [5.74, 6) is -0.556. The summed E-state index contributed by atoms with van der Waals surface area (Å²) in [6, 6.07) is 6.22. The molecule has 106 valence electrons. The van der Waals surface area contributed by atoms with Gasteiger partial charge in [0, 0.05) is 17.9 Å². The predicted molar refractivity (Wildman–Crippen MR) is 78.3 cm³/mol. The average molecular weight is 275 g/mol. The molecule has 0 spiro atoms. The van der Waals surface area contributed by atoms with Crippen LogP contribution in [0, 0.1) is 12.7 Å². The fourth-order valence-electron chi connectivity index (χ4n) is 2.03. The van der Waals surface area contributed by atoms with Crippen LogP contribution in [-0.4, -0.2) is 10.5 Å². The van der Waals surface area contributed by atoms with E-state index >= 15 is 0 Å². The Labute approximate surface area is 117 Å². The maximum absolute atomic E-state index is 13.2. The van der Waals surface area contributed by atoms with Gasteiger partial charge >= 0.3 is 0 Å². The van der Waals surface area contributed by atoms with E-state index in [1.165, 1.54) is 12.1 Å². The van der Waals surface area contributed by atoms with Crippen LogP contribution in [0.2, 0.25) is 0 Å². The number of nitrogens with zero attached hydrogens (tertiary/aromatic N) is 1. The molecule has 20 heavy (non-hydrogen) atoms. The highest BCUT2D eigenvalue weighted by molar-refractivity contribution is 6.03. The van der Waals surface area contributed by atoms with Gasteiger partial charge in [-0.2, -0.15) is 0 Å². The molecule has 0 bridgehead atoms. The Hall–Kier alpha value is -2.30. The molecule has 0 saturated heterocycles. The van der Waals surface area contributed by atoms with Crippen LogP contribution in [0.25, 0.3) is 0 Å². The molecule has 1 aromatic carbocycles. The van der Waals surface area contributed by atoms with Crippen molar-refractivity contribution in [2.75, 3.05) is 11.1 Å². The van der Waals surface area contributed by atoms with E-state index in [2.05, 4.69) is 5.32 Å². The summed E-state index contributed by atoms with van der Waals surface area (Å²) < 4.78 is 15.0. The second kappa shape index (κ2) is 5.36. The third-order valence-electron chi connectivity index (χ3n) is 3.07. The van der Waals surface area contributed by atoms with Gasteiger partial charge in [-0.15, -0.1) is 0 Å². The quantitative estimate of drug-likeness (QED) is 0.902. The average Bonchev–Trinajstić information content (AvgIpc) is 2.76. The molecule has 0 aliphatic rings. The van der Waals surface area contributed by atoms with Crippen LogP contribution in [0.3, 0.4) is 0 Å². The third kappa shape index (κ3) is 2.82. The van der Waals surface area contributed by atoms with Gasteiger partial charge in [-0.3, -0.25) is 4.79 Å². The summed E-state index contributed by atoms with van der Waals surface area (Å²) in [4.78, 5) is 12.3. The minimum Gasteiger partial charge on any atom is -0.397 e. The van der Waals surface area contributed by atoms with E-state index in [4.69, 9.17) is 5.73 Å². The highest BCUT2D eigenvalue weighted by atomic mass is 19.1. The van der Waals surface area contributed by atoms with Crippen molar-refractivity contribution in [1.82, 2.24) is 4.57 Å². The highest BCUT2D eigenvalue weighted by Gasteiger charge is 2.15. The van der Waals surface area contributed by atoms with Crippen molar-refractivity contribution in [3.8, 4) is 0 Å². The summed E-state index contributed by atoms with van der Waals surface area (Å²) in [6.07, 6.45) is 1.73. The lowest BCUT2D eigenvalue weighted by atomic mass is 10.2. The number of rotatable bonds is 3. The second-order valence-corrected chi connectivity index (χ2v) is 5.08. The predicted octanol–water partition coefficient (Wildman–Crippen LogP) is 3.35. The topological polar surface area (TPSA) is 60.1 Å². The Morgan fingerprint density at radius 1 is 1.35 bits per heavy atom. The molecule has 1 amide bonds. The van der Waals surface area contributed by atoms with Crippen LogP contribution >= 0.6 is 0 Å². The standard InChI is InChI=1S/C15H18FN3O/c1-9(2)19-8-11(17)7-14(19)15(20)18-12-4-5-13(16)10(3)6-12/h4-9H,17H2,1-3H3,(H,18,20). The van der Waals surface area contributed by atoms with Gasteiger partial charge in [0.1, 0.15) is 11.5 Å². The molecular weight excluding hydrogens is 257 g/mol. The summed E-state index contributed by atoms with van der Waals surface area (Å²) in [7, 11) is 0. The summed E-state index contributed by atoms with van der Waals surface area (Å²) in [5.41, 5.74) is 7.82. The molecule has 5 heteroatoms. The minimum atomic E-state index is -0.294. The largest absolute Gasteiger partial charge is 0.397 e. The molecule has 0 saturated carbocycles. The number of halogens is 1. The van der Waals surface area contributed by atoms with E-state index in [1.54, 1.807) is 29.8 Å². The van der Waals surface area contributed by atoms with Crippen LogP contribution in [0.4, 0.5) is 15.8 Å². The molecule has 0 aliphatic carbocycles. The zero-order chi connectivity index (χ0) is 14.9. The molecule has 0 fully saturated rings. The van der Waals surface area contributed by atoms with Crippen molar-refractivity contribution in [3.05, 3.63) is 47.5 Å². The molecule has 2 aromatic rings. The number of nitrogens with two attached hydrogens (primary N) is 1. The van der Waals surface area contributed by atoms with Gasteiger partial charge in [-0.05, 0) is 50.6 Å². The fraction of sp³-hybridized carbons (Fsp3) is 0.267. The number of hydrogen-bond acceptors (Lipinski definition) is 2. The summed E-state index contributed by atoms with van der Waals surface area (Å²) >= 11 is 0. The Balaban J connectivity index is 2.26. The normalized spacial score (nSPS) is 10.8. The van der Waals surface area contributed by atoms with E-state index in [0.717, 1.165) is 0 Å². The number of carbonyl (C=O) groups is 1. The molecule has 1 heterocycles. The number of amides is 1. The van der Waals surface area contributed by atoms with Crippen molar-refractivity contribution < 1.29 is 9.18 Å². The van der Waals surface area contributed by atoms with Gasteiger partial charge < -0.3 is 15.6 Å². The number of anilines is 2. The molecule has 0 atom stereocenters. The summed E-state index contributed by atoms with van der Waals surface area (Å²) in [6.45, 7) is 5.59. The van der Waals surface area contributed by atoms with Crippen LogP contribution in [0.5, 0.6) is 0 Å². The van der Waals surface area contributed by atoms with Crippen LogP contribution in [-0.2, 0) is 0 Å². The minimum absolute atomic E-state index is 0.128. The monoisotopic (exact) mass is 275 g/mol. The van der Waals surface area contributed by atoms with Gasteiger partial charge in [-0.1, -0.05) is 0 Å². The first-order chi connectivity index (χ1) is 9.38. The molecule has 4 nitrogen and oxygen atoms in total. The van der Waals surface area contributed by atoms with Gasteiger partial charge in [0.05, 0.1) is 5.69 Å². The number of aryl methyl sites for hydroxylation is 1. The Bertz CT molecular complexity index is 647. The lowest BCUT2D eigenvalue weighted by Crippen LogP contribution is -2.17. The first-order valence-electron chi connectivity index (χ1n) is 6.43.